The van der Waals surface area contributed by atoms with Crippen LogP contribution in [0.15, 0.2) is 22.6 Å². The van der Waals surface area contributed by atoms with Gasteiger partial charge in [0, 0.05) is 12.5 Å². The van der Waals surface area contributed by atoms with Gasteiger partial charge in [-0.15, -0.1) is 4.40 Å². The number of fused-ring (bicyclic) bond motifs is 1. The van der Waals surface area contributed by atoms with Crippen LogP contribution in [0.5, 0.6) is 5.75 Å². The van der Waals surface area contributed by atoms with Crippen molar-refractivity contribution in [1.82, 2.24) is 4.90 Å². The first kappa shape index (κ1) is 20.2. The highest BCUT2D eigenvalue weighted by molar-refractivity contribution is 7.91. The number of carbonyl (C=O) groups excluding carboxylic acids is 1. The van der Waals surface area contributed by atoms with Crippen molar-refractivity contribution in [3.8, 4) is 5.75 Å². The smallest absolute Gasteiger partial charge is 0.344 e. The van der Waals surface area contributed by atoms with Gasteiger partial charge in [-0.05, 0) is 44.4 Å². The zero-order valence-corrected chi connectivity index (χ0v) is 17.3. The highest BCUT2D eigenvalue weighted by Gasteiger charge is 2.40. The molecule has 9 heteroatoms. The fourth-order valence-electron chi connectivity index (χ4n) is 4.82. The number of anilines is 1. The number of hydrogen-bond acceptors (Lipinski definition) is 6. The van der Waals surface area contributed by atoms with Gasteiger partial charge in [-0.3, -0.25) is 9.62 Å². The first-order chi connectivity index (χ1) is 13.9. The summed E-state index contributed by atoms with van der Waals surface area (Å²) in [5.74, 6) is 0.754. The minimum atomic E-state index is -3.81. The molecule has 0 bridgehead atoms. The number of carbonyl (C=O) groups is 1. The van der Waals surface area contributed by atoms with E-state index in [1.807, 2.05) is 0 Å². The Balaban J connectivity index is 1.46. The molecule has 8 nitrogen and oxygen atoms in total. The Labute approximate surface area is 171 Å². The number of likely N-dealkylation sites (tertiary alicyclic amines) is 1. The number of aldehydes is 1. The third-order valence-electron chi connectivity index (χ3n) is 6.30. The van der Waals surface area contributed by atoms with Gasteiger partial charge in [0.05, 0.1) is 23.4 Å². The van der Waals surface area contributed by atoms with Crippen molar-refractivity contribution in [2.45, 2.75) is 50.5 Å². The molecule has 1 atom stereocenters. The molecule has 1 aliphatic carbocycles. The van der Waals surface area contributed by atoms with Crippen molar-refractivity contribution in [2.75, 3.05) is 24.4 Å². The number of piperidine rings is 1. The maximum Gasteiger partial charge on any atom is 0.344 e. The molecule has 2 heterocycles. The number of hydrogen-bond donors (Lipinski definition) is 2. The number of ether oxygens (including phenoxy) is 1. The van der Waals surface area contributed by atoms with E-state index in [9.17, 15) is 13.2 Å². The van der Waals surface area contributed by atoms with Crippen molar-refractivity contribution >= 4 is 28.0 Å². The Morgan fingerprint density at radius 3 is 2.83 bits per heavy atom. The Morgan fingerprint density at radius 2 is 2.07 bits per heavy atom. The Morgan fingerprint density at radius 1 is 1.28 bits per heavy atom. The lowest BCUT2D eigenvalue weighted by atomic mass is 9.79. The molecule has 4 rings (SSSR count). The first-order valence-corrected chi connectivity index (χ1v) is 11.7. The summed E-state index contributed by atoms with van der Waals surface area (Å²) in [6.07, 6.45) is 8.58. The van der Waals surface area contributed by atoms with Crippen LogP contribution in [-0.4, -0.2) is 50.7 Å². The van der Waals surface area contributed by atoms with E-state index < -0.39 is 10.2 Å². The third-order valence-corrected chi connectivity index (χ3v) is 7.22. The molecule has 0 aromatic heterocycles. The number of rotatable bonds is 5. The molecule has 1 saturated heterocycles. The number of amidine groups is 1. The lowest BCUT2D eigenvalue weighted by molar-refractivity contribution is -0.122. The van der Waals surface area contributed by atoms with Gasteiger partial charge in [0.15, 0.2) is 5.84 Å². The fourth-order valence-corrected chi connectivity index (χ4v) is 5.67. The molecule has 1 saturated carbocycles. The average Bonchev–Trinajstić information content (AvgIpc) is 2.71. The third kappa shape index (κ3) is 4.11. The predicted molar refractivity (Wildman–Crippen MR) is 111 cm³/mol. The topological polar surface area (TPSA) is 114 Å². The van der Waals surface area contributed by atoms with Crippen LogP contribution in [-0.2, 0) is 15.0 Å². The molecular formula is C20H28N4O4S. The molecule has 3 aliphatic rings. The van der Waals surface area contributed by atoms with E-state index in [2.05, 4.69) is 14.0 Å². The van der Waals surface area contributed by atoms with Gasteiger partial charge in [0.1, 0.15) is 12.0 Å². The summed E-state index contributed by atoms with van der Waals surface area (Å²) in [6, 6.07) is 5.14. The van der Waals surface area contributed by atoms with Crippen molar-refractivity contribution in [3.63, 3.8) is 0 Å². The van der Waals surface area contributed by atoms with Gasteiger partial charge in [0.2, 0.25) is 0 Å². The highest BCUT2D eigenvalue weighted by atomic mass is 32.2. The van der Waals surface area contributed by atoms with Crippen LogP contribution in [0.4, 0.5) is 5.69 Å². The maximum absolute atomic E-state index is 12.0. The molecule has 1 aromatic rings. The number of nitrogens with one attached hydrogen (secondary N) is 1. The summed E-state index contributed by atoms with van der Waals surface area (Å²) < 4.78 is 35.5. The summed E-state index contributed by atoms with van der Waals surface area (Å²) in [5, 5.41) is 0. The molecule has 1 aromatic carbocycles. The van der Waals surface area contributed by atoms with Crippen LogP contribution in [0.2, 0.25) is 0 Å². The molecule has 0 radical (unpaired) electrons. The van der Waals surface area contributed by atoms with E-state index in [1.54, 1.807) is 18.2 Å². The molecule has 2 aliphatic heterocycles. The lowest BCUT2D eigenvalue weighted by Gasteiger charge is -2.46. The lowest BCUT2D eigenvalue weighted by Crippen LogP contribution is -2.55. The molecule has 158 valence electrons. The Bertz CT molecular complexity index is 909. The van der Waals surface area contributed by atoms with Crippen LogP contribution in [0.3, 0.4) is 0 Å². The summed E-state index contributed by atoms with van der Waals surface area (Å²) in [7, 11) is -3.81. The quantitative estimate of drug-likeness (QED) is 0.705. The largest absolute Gasteiger partial charge is 0.492 e. The summed E-state index contributed by atoms with van der Waals surface area (Å²) in [5.41, 5.74) is 6.44. The summed E-state index contributed by atoms with van der Waals surface area (Å²) >= 11 is 0. The van der Waals surface area contributed by atoms with E-state index in [0.717, 1.165) is 51.6 Å². The van der Waals surface area contributed by atoms with E-state index >= 15 is 0 Å². The molecule has 2 fully saturated rings. The zero-order chi connectivity index (χ0) is 20.5. The second-order valence-electron chi connectivity index (χ2n) is 8.28. The summed E-state index contributed by atoms with van der Waals surface area (Å²) in [4.78, 5) is 14.3. The second-order valence-corrected chi connectivity index (χ2v) is 9.62. The second kappa shape index (κ2) is 7.95. The van der Waals surface area contributed by atoms with Gasteiger partial charge in [-0.25, -0.2) is 0 Å². The van der Waals surface area contributed by atoms with E-state index in [-0.39, 0.29) is 11.4 Å². The summed E-state index contributed by atoms with van der Waals surface area (Å²) in [6.45, 7) is 2.28. The van der Waals surface area contributed by atoms with Gasteiger partial charge >= 0.3 is 10.2 Å². The number of nitrogens with zero attached hydrogens (tertiary/aromatic N) is 2. The average molecular weight is 421 g/mol. The standard InChI is InChI=1S/C20H28N4O4S/c21-19-18-16(22-29(26,27)23-19)7-4-8-17(18)28-13-15-6-5-11-24(12-15)20(14-25)9-2-1-3-10-20/h4,7-8,14-15,22H,1-3,5-6,9-13H2,(H2,21,23)/t15-/m0/s1. The van der Waals surface area contributed by atoms with Gasteiger partial charge in [0.25, 0.3) is 0 Å². The van der Waals surface area contributed by atoms with Crippen LogP contribution in [0.25, 0.3) is 0 Å². The number of nitrogens with two attached hydrogens (primary N) is 1. The van der Waals surface area contributed by atoms with Crippen molar-refractivity contribution < 1.29 is 17.9 Å². The molecule has 0 spiro atoms. The fraction of sp³-hybridized carbons (Fsp3) is 0.600. The van der Waals surface area contributed by atoms with E-state index in [1.165, 1.54) is 12.7 Å². The maximum atomic E-state index is 12.0. The molecule has 0 unspecified atom stereocenters. The Kier molecular flexibility index (Phi) is 5.52. The minimum absolute atomic E-state index is 0.0678. The molecule has 29 heavy (non-hydrogen) atoms. The van der Waals surface area contributed by atoms with E-state index in [0.29, 0.717) is 29.5 Å². The molecular weight excluding hydrogens is 392 g/mol. The number of benzene rings is 1. The minimum Gasteiger partial charge on any atom is -0.492 e. The zero-order valence-electron chi connectivity index (χ0n) is 16.5. The predicted octanol–water partition coefficient (Wildman–Crippen LogP) is 2.05. The van der Waals surface area contributed by atoms with Gasteiger partial charge in [-0.1, -0.05) is 25.3 Å². The van der Waals surface area contributed by atoms with Crippen molar-refractivity contribution in [1.29, 1.82) is 0 Å². The molecule has 0 amide bonds. The van der Waals surface area contributed by atoms with Crippen LogP contribution in [0, 0.1) is 5.92 Å². The van der Waals surface area contributed by atoms with Crippen molar-refractivity contribution in [2.24, 2.45) is 16.0 Å². The van der Waals surface area contributed by atoms with Gasteiger partial charge < -0.3 is 15.3 Å². The monoisotopic (exact) mass is 420 g/mol. The highest BCUT2D eigenvalue weighted by Crippen LogP contribution is 2.36. The first-order valence-electron chi connectivity index (χ1n) is 10.3. The van der Waals surface area contributed by atoms with Crippen LogP contribution < -0.4 is 15.2 Å². The van der Waals surface area contributed by atoms with Crippen LogP contribution >= 0.6 is 0 Å². The van der Waals surface area contributed by atoms with Crippen LogP contribution in [0.1, 0.15) is 50.5 Å². The Hall–Kier alpha value is -2.13. The van der Waals surface area contributed by atoms with Crippen molar-refractivity contribution in [3.05, 3.63) is 23.8 Å². The SMILES string of the molecule is NC1=NS(=O)(=O)Nc2cccc(OC[C@H]3CCCN(C4(C=O)CCCCC4)C3)c21. The van der Waals surface area contributed by atoms with E-state index in [4.69, 9.17) is 10.5 Å². The molecule has 3 N–H and O–H groups in total. The van der Waals surface area contributed by atoms with Gasteiger partial charge in [-0.2, -0.15) is 8.42 Å². The normalized spacial score (nSPS) is 25.9.